The lowest BCUT2D eigenvalue weighted by molar-refractivity contribution is -0.287. The number of carbonyl (C=O) groups is 1. The van der Waals surface area contributed by atoms with Crippen molar-refractivity contribution in [2.75, 3.05) is 13.2 Å². The first kappa shape index (κ1) is 18.4. The van der Waals surface area contributed by atoms with E-state index in [2.05, 4.69) is 0 Å². The van der Waals surface area contributed by atoms with Gasteiger partial charge in [-0.25, -0.2) is 4.79 Å². The lowest BCUT2D eigenvalue weighted by atomic mass is 9.75. The van der Waals surface area contributed by atoms with Gasteiger partial charge in [-0.05, 0) is 18.1 Å². The summed E-state index contributed by atoms with van der Waals surface area (Å²) in [6.07, 6.45) is 0. The van der Waals surface area contributed by atoms with E-state index >= 15 is 0 Å². The fraction of sp³-hybridized carbons (Fsp3) is 0.208. The SMILES string of the molecule is Cc1ccc(C2(C(=O)O)OCC(c3ccccc3)(c3ccccc3)CO2)cc1. The summed E-state index contributed by atoms with van der Waals surface area (Å²) in [6.45, 7) is 2.35. The van der Waals surface area contributed by atoms with Crippen LogP contribution in [0, 0.1) is 6.92 Å². The van der Waals surface area contributed by atoms with Gasteiger partial charge in [-0.15, -0.1) is 0 Å². The number of hydrogen-bond donors (Lipinski definition) is 1. The van der Waals surface area contributed by atoms with Crippen molar-refractivity contribution < 1.29 is 19.4 Å². The third-order valence-electron chi connectivity index (χ3n) is 5.41. The minimum absolute atomic E-state index is 0.196. The van der Waals surface area contributed by atoms with Crippen LogP contribution in [0.3, 0.4) is 0 Å². The standard InChI is InChI=1S/C24H22O4/c1-18-12-14-21(15-13-18)24(22(25)26)27-16-23(17-28-24,19-8-4-2-5-9-19)20-10-6-3-7-11-20/h2-15H,16-17H2,1H3,(H,25,26). The number of aliphatic carboxylic acids is 1. The molecule has 3 aromatic rings. The summed E-state index contributed by atoms with van der Waals surface area (Å²) >= 11 is 0. The van der Waals surface area contributed by atoms with Gasteiger partial charge in [0.15, 0.2) is 0 Å². The molecule has 1 saturated heterocycles. The topological polar surface area (TPSA) is 55.8 Å². The van der Waals surface area contributed by atoms with E-state index in [-0.39, 0.29) is 13.2 Å². The summed E-state index contributed by atoms with van der Waals surface area (Å²) in [4.78, 5) is 12.2. The van der Waals surface area contributed by atoms with Crippen molar-refractivity contribution in [1.29, 1.82) is 0 Å². The Labute approximate surface area is 164 Å². The second-order valence-corrected chi connectivity index (χ2v) is 7.18. The molecule has 0 spiro atoms. The maximum atomic E-state index is 12.2. The molecule has 142 valence electrons. The Morgan fingerprint density at radius 2 is 1.21 bits per heavy atom. The normalized spacial score (nSPS) is 17.8. The molecular weight excluding hydrogens is 352 g/mol. The average Bonchev–Trinajstić information content (AvgIpc) is 2.75. The largest absolute Gasteiger partial charge is 0.477 e. The van der Waals surface area contributed by atoms with E-state index in [1.54, 1.807) is 12.1 Å². The molecule has 0 amide bonds. The van der Waals surface area contributed by atoms with Crippen LogP contribution in [0.2, 0.25) is 0 Å². The van der Waals surface area contributed by atoms with E-state index in [1.165, 1.54) is 0 Å². The molecule has 0 bridgehead atoms. The third kappa shape index (κ3) is 3.01. The molecule has 0 saturated carbocycles. The number of aryl methyl sites for hydroxylation is 1. The van der Waals surface area contributed by atoms with Gasteiger partial charge in [0, 0.05) is 5.56 Å². The first-order valence-electron chi connectivity index (χ1n) is 9.26. The highest BCUT2D eigenvalue weighted by molar-refractivity contribution is 5.78. The Bertz CT molecular complexity index is 899. The van der Waals surface area contributed by atoms with Gasteiger partial charge in [-0.3, -0.25) is 0 Å². The summed E-state index contributed by atoms with van der Waals surface area (Å²) in [5.41, 5.74) is 3.02. The van der Waals surface area contributed by atoms with Crippen molar-refractivity contribution in [3.8, 4) is 0 Å². The fourth-order valence-electron chi connectivity index (χ4n) is 3.73. The summed E-state index contributed by atoms with van der Waals surface area (Å²) < 4.78 is 12.1. The van der Waals surface area contributed by atoms with Gasteiger partial charge in [0.1, 0.15) is 0 Å². The van der Waals surface area contributed by atoms with Crippen LogP contribution < -0.4 is 0 Å². The van der Waals surface area contributed by atoms with Gasteiger partial charge in [0.2, 0.25) is 0 Å². The molecular formula is C24H22O4. The monoisotopic (exact) mass is 374 g/mol. The first-order valence-corrected chi connectivity index (χ1v) is 9.26. The molecule has 4 rings (SSSR count). The molecule has 0 unspecified atom stereocenters. The molecule has 1 aliphatic rings. The number of carboxylic acids is 1. The molecule has 1 aliphatic heterocycles. The summed E-state index contributed by atoms with van der Waals surface area (Å²) in [5.74, 6) is -2.95. The minimum Gasteiger partial charge on any atom is -0.477 e. The molecule has 28 heavy (non-hydrogen) atoms. The van der Waals surface area contributed by atoms with Crippen molar-refractivity contribution in [2.24, 2.45) is 0 Å². The third-order valence-corrected chi connectivity index (χ3v) is 5.41. The molecule has 0 aromatic heterocycles. The summed E-state index contributed by atoms with van der Waals surface area (Å²) in [7, 11) is 0. The first-order chi connectivity index (χ1) is 13.6. The predicted molar refractivity (Wildman–Crippen MR) is 106 cm³/mol. The van der Waals surface area contributed by atoms with Gasteiger partial charge in [-0.2, -0.15) is 0 Å². The molecule has 4 nitrogen and oxygen atoms in total. The van der Waals surface area contributed by atoms with Crippen LogP contribution in [-0.4, -0.2) is 24.3 Å². The highest BCUT2D eigenvalue weighted by Gasteiger charge is 2.52. The Kier molecular flexibility index (Phi) is 4.75. The maximum Gasteiger partial charge on any atom is 0.369 e. The van der Waals surface area contributed by atoms with Crippen molar-refractivity contribution in [3.05, 3.63) is 107 Å². The molecule has 1 heterocycles. The van der Waals surface area contributed by atoms with Crippen LogP contribution in [0.1, 0.15) is 22.3 Å². The lowest BCUT2D eigenvalue weighted by Crippen LogP contribution is -2.54. The van der Waals surface area contributed by atoms with Gasteiger partial charge in [-0.1, -0.05) is 90.5 Å². The van der Waals surface area contributed by atoms with Gasteiger partial charge >= 0.3 is 5.97 Å². The van der Waals surface area contributed by atoms with E-state index in [1.807, 2.05) is 79.7 Å². The van der Waals surface area contributed by atoms with Crippen LogP contribution in [-0.2, 0) is 25.5 Å². The van der Waals surface area contributed by atoms with Gasteiger partial charge in [0.25, 0.3) is 5.79 Å². The van der Waals surface area contributed by atoms with Crippen LogP contribution in [0.25, 0.3) is 0 Å². The van der Waals surface area contributed by atoms with Crippen LogP contribution in [0.5, 0.6) is 0 Å². The van der Waals surface area contributed by atoms with E-state index in [9.17, 15) is 9.90 Å². The van der Waals surface area contributed by atoms with Crippen molar-refractivity contribution in [3.63, 3.8) is 0 Å². The van der Waals surface area contributed by atoms with Crippen molar-refractivity contribution in [1.82, 2.24) is 0 Å². The summed E-state index contributed by atoms with van der Waals surface area (Å²) in [5, 5.41) is 9.97. The van der Waals surface area contributed by atoms with E-state index in [0.29, 0.717) is 5.56 Å². The second-order valence-electron chi connectivity index (χ2n) is 7.18. The highest BCUT2D eigenvalue weighted by atomic mass is 16.7. The van der Waals surface area contributed by atoms with E-state index in [4.69, 9.17) is 9.47 Å². The molecule has 0 aliphatic carbocycles. The van der Waals surface area contributed by atoms with Crippen LogP contribution in [0.15, 0.2) is 84.9 Å². The zero-order valence-electron chi connectivity index (χ0n) is 15.7. The highest BCUT2D eigenvalue weighted by Crippen LogP contribution is 2.42. The molecule has 0 radical (unpaired) electrons. The number of ether oxygens (including phenoxy) is 2. The smallest absolute Gasteiger partial charge is 0.369 e. The average molecular weight is 374 g/mol. The van der Waals surface area contributed by atoms with Crippen LogP contribution >= 0.6 is 0 Å². The molecule has 1 fully saturated rings. The van der Waals surface area contributed by atoms with Crippen molar-refractivity contribution in [2.45, 2.75) is 18.1 Å². The number of hydrogen-bond acceptors (Lipinski definition) is 3. The molecule has 1 N–H and O–H groups in total. The predicted octanol–water partition coefficient (Wildman–Crippen LogP) is 4.27. The quantitative estimate of drug-likeness (QED) is 0.741. The molecule has 0 atom stereocenters. The molecule has 4 heteroatoms. The Hall–Kier alpha value is -2.95. The lowest BCUT2D eigenvalue weighted by Gasteiger charge is -2.45. The number of carboxylic acid groups (broad SMARTS) is 1. The maximum absolute atomic E-state index is 12.2. The molecule has 3 aromatic carbocycles. The number of benzene rings is 3. The summed E-state index contributed by atoms with van der Waals surface area (Å²) in [6, 6.07) is 27.1. The Morgan fingerprint density at radius 1 is 0.750 bits per heavy atom. The zero-order chi connectivity index (χ0) is 19.6. The Morgan fingerprint density at radius 3 is 1.64 bits per heavy atom. The fourth-order valence-corrected chi connectivity index (χ4v) is 3.73. The second kappa shape index (κ2) is 7.23. The number of rotatable bonds is 4. The van der Waals surface area contributed by atoms with Crippen LogP contribution in [0.4, 0.5) is 0 Å². The van der Waals surface area contributed by atoms with E-state index in [0.717, 1.165) is 16.7 Å². The van der Waals surface area contributed by atoms with Crippen molar-refractivity contribution >= 4 is 5.97 Å². The minimum atomic E-state index is -1.80. The zero-order valence-corrected chi connectivity index (χ0v) is 15.7. The van der Waals surface area contributed by atoms with Gasteiger partial charge in [0.05, 0.1) is 18.6 Å². The Balaban J connectivity index is 1.76. The van der Waals surface area contributed by atoms with E-state index < -0.39 is 17.2 Å². The van der Waals surface area contributed by atoms with Gasteiger partial charge < -0.3 is 14.6 Å².